The van der Waals surface area contributed by atoms with Crippen molar-refractivity contribution in [2.45, 2.75) is 12.8 Å². The molecule has 2 aromatic rings. The van der Waals surface area contributed by atoms with Crippen molar-refractivity contribution in [3.8, 4) is 0 Å². The zero-order valence-corrected chi connectivity index (χ0v) is 16.7. The third kappa shape index (κ3) is 4.59. The third-order valence-electron chi connectivity index (χ3n) is 5.76. The number of carbonyl (C=O) groups is 2. The highest BCUT2D eigenvalue weighted by atomic mass is 16.3. The fourth-order valence-electron chi connectivity index (χ4n) is 3.84. The van der Waals surface area contributed by atoms with Gasteiger partial charge in [0, 0.05) is 45.2 Å². The van der Waals surface area contributed by atoms with Gasteiger partial charge in [-0.2, -0.15) is 0 Å². The molecule has 2 saturated heterocycles. The van der Waals surface area contributed by atoms with E-state index in [1.54, 1.807) is 17.2 Å². The van der Waals surface area contributed by atoms with Crippen molar-refractivity contribution in [3.63, 3.8) is 0 Å². The van der Waals surface area contributed by atoms with Crippen LogP contribution in [0.4, 0.5) is 11.5 Å². The maximum atomic E-state index is 12.6. The number of anilines is 2. The molecular formula is C21H27N5O3. The third-order valence-corrected chi connectivity index (χ3v) is 5.76. The van der Waals surface area contributed by atoms with Crippen LogP contribution in [0.5, 0.6) is 0 Å². The normalized spacial score (nSPS) is 18.7. The van der Waals surface area contributed by atoms with Crippen molar-refractivity contribution >= 4 is 23.3 Å². The van der Waals surface area contributed by atoms with Gasteiger partial charge in [-0.25, -0.2) is 4.98 Å². The van der Waals surface area contributed by atoms with Gasteiger partial charge in [0.2, 0.25) is 5.91 Å². The van der Waals surface area contributed by atoms with Crippen LogP contribution in [0.3, 0.4) is 0 Å². The molecule has 1 N–H and O–H groups in total. The number of aromatic nitrogens is 1. The Hall–Kier alpha value is -2.87. The van der Waals surface area contributed by atoms with Gasteiger partial charge in [0.1, 0.15) is 12.1 Å². The molecule has 0 aliphatic carbocycles. The fraction of sp³-hybridized carbons (Fsp3) is 0.476. The second kappa shape index (κ2) is 8.65. The van der Waals surface area contributed by atoms with Gasteiger partial charge in [-0.3, -0.25) is 9.59 Å². The first kappa shape index (κ1) is 19.4. The molecule has 0 aromatic carbocycles. The van der Waals surface area contributed by atoms with Crippen molar-refractivity contribution in [3.05, 3.63) is 42.5 Å². The Kier molecular flexibility index (Phi) is 5.80. The zero-order valence-electron chi connectivity index (χ0n) is 16.7. The summed E-state index contributed by atoms with van der Waals surface area (Å²) in [6.45, 7) is 5.13. The summed E-state index contributed by atoms with van der Waals surface area (Å²) in [5, 5.41) is 2.97. The lowest BCUT2D eigenvalue weighted by Crippen LogP contribution is -2.44. The number of likely N-dealkylation sites (N-methyl/N-ethyl adjacent to an activating group) is 1. The number of carbonyl (C=O) groups excluding carboxylic acids is 2. The molecule has 4 rings (SSSR count). The minimum Gasteiger partial charge on any atom is -0.472 e. The summed E-state index contributed by atoms with van der Waals surface area (Å²) >= 11 is 0. The average molecular weight is 397 g/mol. The minimum absolute atomic E-state index is 0.00504. The largest absolute Gasteiger partial charge is 0.472 e. The van der Waals surface area contributed by atoms with Crippen molar-refractivity contribution in [1.29, 1.82) is 0 Å². The maximum absolute atomic E-state index is 12.6. The molecule has 2 fully saturated rings. The molecule has 154 valence electrons. The maximum Gasteiger partial charge on any atom is 0.257 e. The van der Waals surface area contributed by atoms with Crippen LogP contribution in [0.1, 0.15) is 23.2 Å². The second-order valence-corrected chi connectivity index (χ2v) is 7.76. The first-order valence-corrected chi connectivity index (χ1v) is 10.1. The highest BCUT2D eigenvalue weighted by Gasteiger charge is 2.28. The molecule has 0 spiro atoms. The summed E-state index contributed by atoms with van der Waals surface area (Å²) in [5.41, 5.74) is 1.27. The number of hydrogen-bond donors (Lipinski definition) is 1. The second-order valence-electron chi connectivity index (χ2n) is 7.76. The summed E-state index contributed by atoms with van der Waals surface area (Å²) in [4.78, 5) is 35.8. The molecule has 0 saturated carbocycles. The summed E-state index contributed by atoms with van der Waals surface area (Å²) in [6.07, 6.45) is 5.99. The van der Waals surface area contributed by atoms with Gasteiger partial charge in [0.25, 0.3) is 5.91 Å². The first-order chi connectivity index (χ1) is 14.1. The first-order valence-electron chi connectivity index (χ1n) is 10.1. The highest BCUT2D eigenvalue weighted by Crippen LogP contribution is 2.22. The minimum atomic E-state index is -0.0966. The molecule has 2 aliphatic heterocycles. The van der Waals surface area contributed by atoms with Gasteiger partial charge in [0.05, 0.1) is 23.7 Å². The van der Waals surface area contributed by atoms with Crippen molar-refractivity contribution in [2.24, 2.45) is 5.92 Å². The number of likely N-dealkylation sites (tertiary alicyclic amines) is 1. The van der Waals surface area contributed by atoms with Crippen LogP contribution in [0.25, 0.3) is 0 Å². The van der Waals surface area contributed by atoms with Crippen molar-refractivity contribution in [1.82, 2.24) is 14.8 Å². The molecule has 8 heteroatoms. The van der Waals surface area contributed by atoms with E-state index in [-0.39, 0.29) is 17.7 Å². The lowest BCUT2D eigenvalue weighted by molar-refractivity contribution is -0.121. The number of rotatable bonds is 4. The molecule has 29 heavy (non-hydrogen) atoms. The SMILES string of the molecule is CN1CCN(c2ccc(NC(=O)C3CCN(C(=O)c4ccoc4)CC3)cn2)CC1. The molecule has 0 atom stereocenters. The number of amides is 2. The molecule has 2 amide bonds. The van der Waals surface area contributed by atoms with Crippen molar-refractivity contribution in [2.75, 3.05) is 56.5 Å². The Morgan fingerprint density at radius 2 is 1.83 bits per heavy atom. The predicted molar refractivity (Wildman–Crippen MR) is 110 cm³/mol. The van der Waals surface area contributed by atoms with Gasteiger partial charge < -0.3 is 24.4 Å². The van der Waals surface area contributed by atoms with E-state index in [1.165, 1.54) is 12.5 Å². The molecule has 2 aromatic heterocycles. The number of furan rings is 1. The Morgan fingerprint density at radius 1 is 1.07 bits per heavy atom. The topological polar surface area (TPSA) is 81.9 Å². The van der Waals surface area contributed by atoms with Crippen LogP contribution >= 0.6 is 0 Å². The number of piperidine rings is 1. The van der Waals surface area contributed by atoms with Gasteiger partial charge in [0.15, 0.2) is 0 Å². The van der Waals surface area contributed by atoms with Gasteiger partial charge in [-0.05, 0) is 38.1 Å². The van der Waals surface area contributed by atoms with Crippen LogP contribution < -0.4 is 10.2 Å². The van der Waals surface area contributed by atoms with Crippen LogP contribution in [-0.4, -0.2) is 72.9 Å². The molecule has 0 unspecified atom stereocenters. The van der Waals surface area contributed by atoms with E-state index >= 15 is 0 Å². The highest BCUT2D eigenvalue weighted by molar-refractivity contribution is 5.95. The Labute approximate surface area is 170 Å². The van der Waals surface area contributed by atoms with Crippen LogP contribution in [0, 0.1) is 5.92 Å². The van der Waals surface area contributed by atoms with Gasteiger partial charge in [-0.15, -0.1) is 0 Å². The quantitative estimate of drug-likeness (QED) is 0.849. The van der Waals surface area contributed by atoms with Gasteiger partial charge in [-0.1, -0.05) is 0 Å². The number of pyridine rings is 1. The summed E-state index contributed by atoms with van der Waals surface area (Å²) in [7, 11) is 2.13. The van der Waals surface area contributed by atoms with E-state index in [1.807, 2.05) is 12.1 Å². The molecule has 4 heterocycles. The van der Waals surface area contributed by atoms with E-state index in [4.69, 9.17) is 4.42 Å². The molecule has 0 bridgehead atoms. The van der Waals surface area contributed by atoms with Crippen molar-refractivity contribution < 1.29 is 14.0 Å². The van der Waals surface area contributed by atoms with Crippen LogP contribution in [0.2, 0.25) is 0 Å². The lowest BCUT2D eigenvalue weighted by atomic mass is 9.95. The Morgan fingerprint density at radius 3 is 2.45 bits per heavy atom. The average Bonchev–Trinajstić information content (AvgIpc) is 3.29. The summed E-state index contributed by atoms with van der Waals surface area (Å²) in [6, 6.07) is 5.54. The van der Waals surface area contributed by atoms with E-state index in [0.717, 1.165) is 32.0 Å². The van der Waals surface area contributed by atoms with E-state index < -0.39 is 0 Å². The predicted octanol–water partition coefficient (Wildman–Crippen LogP) is 1.92. The molecule has 8 nitrogen and oxygen atoms in total. The van der Waals surface area contributed by atoms with Crippen LogP contribution in [-0.2, 0) is 4.79 Å². The molecular weight excluding hydrogens is 370 g/mol. The van der Waals surface area contributed by atoms with E-state index in [9.17, 15) is 9.59 Å². The smallest absolute Gasteiger partial charge is 0.257 e. The Bertz CT molecular complexity index is 821. The summed E-state index contributed by atoms with van der Waals surface area (Å²) < 4.78 is 4.98. The van der Waals surface area contributed by atoms with Gasteiger partial charge >= 0.3 is 0 Å². The van der Waals surface area contributed by atoms with E-state index in [0.29, 0.717) is 37.2 Å². The monoisotopic (exact) mass is 397 g/mol. The summed E-state index contributed by atoms with van der Waals surface area (Å²) in [5.74, 6) is 0.804. The van der Waals surface area contributed by atoms with E-state index in [2.05, 4.69) is 27.1 Å². The fourth-order valence-corrected chi connectivity index (χ4v) is 3.84. The molecule has 2 aliphatic rings. The lowest BCUT2D eigenvalue weighted by Gasteiger charge is -2.33. The molecule has 0 radical (unpaired) electrons. The zero-order chi connectivity index (χ0) is 20.2. The number of hydrogen-bond acceptors (Lipinski definition) is 6. The number of nitrogens with one attached hydrogen (secondary N) is 1. The Balaban J connectivity index is 1.27. The number of nitrogens with zero attached hydrogens (tertiary/aromatic N) is 4. The standard InChI is InChI=1S/C21H27N5O3/c1-24-9-11-25(12-10-24)19-3-2-18(14-22-19)23-20(27)16-4-7-26(8-5-16)21(28)17-6-13-29-15-17/h2-3,6,13-16H,4-5,7-12H2,1H3,(H,23,27). The van der Waals surface area contributed by atoms with Crippen LogP contribution in [0.15, 0.2) is 41.3 Å². The number of piperazine rings is 1.